The van der Waals surface area contributed by atoms with Gasteiger partial charge < -0.3 is 10.6 Å². The zero-order chi connectivity index (χ0) is 14.7. The second-order valence-corrected chi connectivity index (χ2v) is 4.37. The fraction of sp³-hybridized carbons (Fsp3) is 0.333. The van der Waals surface area contributed by atoms with Gasteiger partial charge in [-0.25, -0.2) is 4.98 Å². The standard InChI is InChI=1S/C12H16N6O2/c1-8-9(7-17(3)16-8)6-14-12-5-10(18(19)20)4-11(13-2)15-12/h4-5,7H,6H2,1-3H3,(H2,13,14,15). The van der Waals surface area contributed by atoms with Crippen molar-refractivity contribution < 1.29 is 4.92 Å². The Bertz CT molecular complexity index is 637. The molecule has 0 aliphatic carbocycles. The van der Waals surface area contributed by atoms with E-state index in [1.807, 2.05) is 20.2 Å². The first-order chi connectivity index (χ1) is 9.49. The number of hydrogen-bond donors (Lipinski definition) is 2. The molecule has 0 radical (unpaired) electrons. The summed E-state index contributed by atoms with van der Waals surface area (Å²) in [4.78, 5) is 14.7. The Morgan fingerprint density at radius 1 is 1.40 bits per heavy atom. The van der Waals surface area contributed by atoms with Crippen LogP contribution in [0, 0.1) is 17.0 Å². The Hall–Kier alpha value is -2.64. The highest BCUT2D eigenvalue weighted by Gasteiger charge is 2.11. The van der Waals surface area contributed by atoms with Crippen LogP contribution < -0.4 is 10.6 Å². The van der Waals surface area contributed by atoms with Crippen LogP contribution in [0.5, 0.6) is 0 Å². The van der Waals surface area contributed by atoms with Crippen LogP contribution in [0.2, 0.25) is 0 Å². The fourth-order valence-corrected chi connectivity index (χ4v) is 1.85. The molecule has 0 saturated heterocycles. The van der Waals surface area contributed by atoms with Crippen LogP contribution in [-0.2, 0) is 13.6 Å². The van der Waals surface area contributed by atoms with Gasteiger partial charge in [-0.1, -0.05) is 0 Å². The molecule has 0 aliphatic heterocycles. The smallest absolute Gasteiger partial charge is 0.276 e. The first kappa shape index (κ1) is 13.8. The molecule has 8 nitrogen and oxygen atoms in total. The first-order valence-corrected chi connectivity index (χ1v) is 6.07. The number of pyridine rings is 1. The number of nitro groups is 1. The molecule has 0 bridgehead atoms. The summed E-state index contributed by atoms with van der Waals surface area (Å²) in [6.45, 7) is 2.42. The SMILES string of the molecule is CNc1cc([N+](=O)[O-])cc(NCc2cn(C)nc2C)n1. The van der Waals surface area contributed by atoms with Crippen molar-refractivity contribution in [2.75, 3.05) is 17.7 Å². The molecule has 8 heteroatoms. The molecule has 2 heterocycles. The average Bonchev–Trinajstić information content (AvgIpc) is 2.74. The van der Waals surface area contributed by atoms with Crippen LogP contribution in [0.15, 0.2) is 18.3 Å². The third-order valence-corrected chi connectivity index (χ3v) is 2.85. The highest BCUT2D eigenvalue weighted by Crippen LogP contribution is 2.21. The Balaban J connectivity index is 2.18. The number of nitrogens with one attached hydrogen (secondary N) is 2. The van der Waals surface area contributed by atoms with Gasteiger partial charge in [-0.05, 0) is 6.92 Å². The Morgan fingerprint density at radius 3 is 2.65 bits per heavy atom. The van der Waals surface area contributed by atoms with Crippen LogP contribution in [0.1, 0.15) is 11.3 Å². The van der Waals surface area contributed by atoms with Crippen LogP contribution in [-0.4, -0.2) is 26.7 Å². The van der Waals surface area contributed by atoms with Crippen LogP contribution >= 0.6 is 0 Å². The topological polar surface area (TPSA) is 97.9 Å². The molecule has 0 amide bonds. The second kappa shape index (κ2) is 5.55. The van der Waals surface area contributed by atoms with Crippen molar-refractivity contribution in [2.45, 2.75) is 13.5 Å². The van der Waals surface area contributed by atoms with Crippen molar-refractivity contribution in [2.24, 2.45) is 7.05 Å². The van der Waals surface area contributed by atoms with Gasteiger partial charge in [-0.15, -0.1) is 0 Å². The predicted molar refractivity (Wildman–Crippen MR) is 75.7 cm³/mol. The van der Waals surface area contributed by atoms with Gasteiger partial charge >= 0.3 is 0 Å². The van der Waals surface area contributed by atoms with E-state index in [2.05, 4.69) is 20.7 Å². The van der Waals surface area contributed by atoms with Crippen molar-refractivity contribution in [1.82, 2.24) is 14.8 Å². The highest BCUT2D eigenvalue weighted by atomic mass is 16.6. The number of aromatic nitrogens is 3. The minimum absolute atomic E-state index is 0.00485. The Labute approximate surface area is 116 Å². The second-order valence-electron chi connectivity index (χ2n) is 4.37. The first-order valence-electron chi connectivity index (χ1n) is 6.07. The summed E-state index contributed by atoms with van der Waals surface area (Å²) in [6, 6.07) is 2.80. The molecule has 2 aromatic rings. The van der Waals surface area contributed by atoms with E-state index in [0.717, 1.165) is 11.3 Å². The minimum Gasteiger partial charge on any atom is -0.373 e. The molecule has 2 N–H and O–H groups in total. The maximum Gasteiger partial charge on any atom is 0.276 e. The summed E-state index contributed by atoms with van der Waals surface area (Å²) < 4.78 is 1.73. The molecule has 2 rings (SSSR count). The molecule has 0 unspecified atom stereocenters. The number of hydrogen-bond acceptors (Lipinski definition) is 6. The van der Waals surface area contributed by atoms with E-state index in [4.69, 9.17) is 0 Å². The van der Waals surface area contributed by atoms with Crippen molar-refractivity contribution in [3.05, 3.63) is 39.7 Å². The van der Waals surface area contributed by atoms with Crippen molar-refractivity contribution in [3.8, 4) is 0 Å². The molecule has 0 saturated carbocycles. The molecule has 0 fully saturated rings. The molecule has 20 heavy (non-hydrogen) atoms. The molecule has 2 aromatic heterocycles. The van der Waals surface area contributed by atoms with E-state index < -0.39 is 4.92 Å². The average molecular weight is 276 g/mol. The van der Waals surface area contributed by atoms with E-state index in [1.54, 1.807) is 11.7 Å². The fourth-order valence-electron chi connectivity index (χ4n) is 1.85. The Morgan fingerprint density at radius 2 is 2.10 bits per heavy atom. The van der Waals surface area contributed by atoms with E-state index >= 15 is 0 Å². The van der Waals surface area contributed by atoms with Gasteiger partial charge in [0.05, 0.1) is 22.7 Å². The highest BCUT2D eigenvalue weighted by molar-refractivity contribution is 5.54. The molecular formula is C12H16N6O2. The van der Waals surface area contributed by atoms with Crippen LogP contribution in [0.3, 0.4) is 0 Å². The third-order valence-electron chi connectivity index (χ3n) is 2.85. The summed E-state index contributed by atoms with van der Waals surface area (Å²) in [5.41, 5.74) is 1.93. The quantitative estimate of drug-likeness (QED) is 0.637. The third kappa shape index (κ3) is 3.02. The maximum absolute atomic E-state index is 10.9. The van der Waals surface area contributed by atoms with Crippen molar-refractivity contribution in [3.63, 3.8) is 0 Å². The number of aryl methyl sites for hydroxylation is 2. The summed E-state index contributed by atoms with van der Waals surface area (Å²) in [7, 11) is 3.52. The van der Waals surface area contributed by atoms with Crippen LogP contribution in [0.25, 0.3) is 0 Å². The monoisotopic (exact) mass is 276 g/mol. The van der Waals surface area contributed by atoms with E-state index in [1.165, 1.54) is 12.1 Å². The van der Waals surface area contributed by atoms with Gasteiger partial charge in [0.15, 0.2) is 0 Å². The van der Waals surface area contributed by atoms with E-state index in [9.17, 15) is 10.1 Å². The molecule has 0 aliphatic rings. The minimum atomic E-state index is -0.441. The summed E-state index contributed by atoms with van der Waals surface area (Å²) in [5.74, 6) is 0.899. The lowest BCUT2D eigenvalue weighted by molar-refractivity contribution is -0.384. The van der Waals surface area contributed by atoms with Crippen molar-refractivity contribution in [1.29, 1.82) is 0 Å². The lowest BCUT2D eigenvalue weighted by Crippen LogP contribution is -2.04. The van der Waals surface area contributed by atoms with Crippen LogP contribution in [0.4, 0.5) is 17.3 Å². The largest absolute Gasteiger partial charge is 0.373 e. The summed E-state index contributed by atoms with van der Waals surface area (Å²) in [5, 5.41) is 21.0. The van der Waals surface area contributed by atoms with E-state index in [-0.39, 0.29) is 5.69 Å². The number of anilines is 2. The normalized spacial score (nSPS) is 10.3. The van der Waals surface area contributed by atoms with Gasteiger partial charge in [-0.3, -0.25) is 14.8 Å². The van der Waals surface area contributed by atoms with E-state index in [0.29, 0.717) is 18.2 Å². The molecule has 106 valence electrons. The van der Waals surface area contributed by atoms with Gasteiger partial charge in [0, 0.05) is 32.4 Å². The maximum atomic E-state index is 10.9. The zero-order valence-corrected chi connectivity index (χ0v) is 11.5. The molecular weight excluding hydrogens is 260 g/mol. The molecule has 0 spiro atoms. The van der Waals surface area contributed by atoms with Gasteiger partial charge in [0.1, 0.15) is 11.6 Å². The zero-order valence-electron chi connectivity index (χ0n) is 11.5. The summed E-state index contributed by atoms with van der Waals surface area (Å²) in [6.07, 6.45) is 1.90. The number of rotatable bonds is 5. The summed E-state index contributed by atoms with van der Waals surface area (Å²) >= 11 is 0. The lowest BCUT2D eigenvalue weighted by Gasteiger charge is -2.07. The predicted octanol–water partition coefficient (Wildman–Crippen LogP) is 1.69. The van der Waals surface area contributed by atoms with Crippen molar-refractivity contribution >= 4 is 17.3 Å². The van der Waals surface area contributed by atoms with Gasteiger partial charge in [0.25, 0.3) is 5.69 Å². The van der Waals surface area contributed by atoms with Gasteiger partial charge in [0.2, 0.25) is 0 Å². The lowest BCUT2D eigenvalue weighted by atomic mass is 10.2. The Kier molecular flexibility index (Phi) is 3.83. The molecule has 0 aromatic carbocycles. The molecule has 0 atom stereocenters. The van der Waals surface area contributed by atoms with Gasteiger partial charge in [-0.2, -0.15) is 5.10 Å². The number of nitrogens with zero attached hydrogens (tertiary/aromatic N) is 4.